The van der Waals surface area contributed by atoms with Crippen LogP contribution < -0.4 is 17.0 Å². The lowest BCUT2D eigenvalue weighted by atomic mass is 10.4. The molecule has 2 atom stereocenters. The standard InChI is InChI=1S/C5H12ClN3O5S2/c1-15(11,12)4(9-8)5(6,3(7)10)16(2,13)14/h4,9H,8H2,1-2H3,(H2,7,10). The minimum Gasteiger partial charge on any atom is -0.367 e. The molecule has 0 aromatic heterocycles. The predicted molar refractivity (Wildman–Crippen MR) is 58.6 cm³/mol. The first kappa shape index (κ1) is 15.6. The van der Waals surface area contributed by atoms with Crippen LogP contribution in [-0.2, 0) is 24.5 Å². The Hall–Kier alpha value is -0.420. The molecule has 0 aromatic carbocycles. The van der Waals surface area contributed by atoms with Crippen LogP contribution in [0.2, 0.25) is 0 Å². The predicted octanol–water partition coefficient (Wildman–Crippen LogP) is -2.71. The molecule has 0 spiro atoms. The second kappa shape index (κ2) is 4.45. The molecule has 5 N–H and O–H groups in total. The van der Waals surface area contributed by atoms with Gasteiger partial charge in [0.1, 0.15) is 0 Å². The van der Waals surface area contributed by atoms with E-state index < -0.39 is 35.2 Å². The van der Waals surface area contributed by atoms with Gasteiger partial charge in [0.15, 0.2) is 25.0 Å². The van der Waals surface area contributed by atoms with Crippen molar-refractivity contribution < 1.29 is 21.6 Å². The first-order valence-corrected chi connectivity index (χ1v) is 7.94. The van der Waals surface area contributed by atoms with Gasteiger partial charge in [0, 0.05) is 12.5 Å². The minimum atomic E-state index is -4.29. The topological polar surface area (TPSA) is 149 Å². The van der Waals surface area contributed by atoms with Crippen molar-refractivity contribution in [2.45, 2.75) is 9.58 Å². The van der Waals surface area contributed by atoms with Crippen molar-refractivity contribution in [3.8, 4) is 0 Å². The van der Waals surface area contributed by atoms with Crippen LogP contribution in [-0.4, -0.2) is 44.8 Å². The minimum absolute atomic E-state index is 0.584. The molecule has 2 unspecified atom stereocenters. The fraction of sp³-hybridized carbons (Fsp3) is 0.800. The number of carbonyl (C=O) groups excluding carboxylic acids is 1. The zero-order chi connectivity index (χ0) is 13.4. The van der Waals surface area contributed by atoms with E-state index >= 15 is 0 Å². The fourth-order valence-electron chi connectivity index (χ4n) is 1.01. The Morgan fingerprint density at radius 1 is 1.31 bits per heavy atom. The van der Waals surface area contributed by atoms with Crippen molar-refractivity contribution in [2.24, 2.45) is 11.6 Å². The number of carbonyl (C=O) groups is 1. The number of nitrogens with two attached hydrogens (primary N) is 2. The number of hydrogen-bond donors (Lipinski definition) is 3. The maximum Gasteiger partial charge on any atom is 0.257 e. The van der Waals surface area contributed by atoms with Crippen molar-refractivity contribution in [1.82, 2.24) is 5.43 Å². The van der Waals surface area contributed by atoms with E-state index in [1.807, 2.05) is 0 Å². The van der Waals surface area contributed by atoms with E-state index in [1.165, 1.54) is 0 Å². The number of sulfone groups is 2. The quantitative estimate of drug-likeness (QED) is 0.283. The lowest BCUT2D eigenvalue weighted by Crippen LogP contribution is -2.63. The first-order valence-electron chi connectivity index (χ1n) is 3.72. The van der Waals surface area contributed by atoms with Crippen LogP contribution in [0.1, 0.15) is 0 Å². The summed E-state index contributed by atoms with van der Waals surface area (Å²) in [7, 11) is -8.34. The van der Waals surface area contributed by atoms with Crippen LogP contribution in [0.4, 0.5) is 0 Å². The zero-order valence-electron chi connectivity index (χ0n) is 8.47. The third-order valence-electron chi connectivity index (χ3n) is 1.79. The van der Waals surface area contributed by atoms with Crippen LogP contribution in [0, 0.1) is 0 Å². The largest absolute Gasteiger partial charge is 0.367 e. The molecule has 0 saturated carbocycles. The molecule has 0 fully saturated rings. The summed E-state index contributed by atoms with van der Waals surface area (Å²) in [5, 5.41) is -2.03. The first-order chi connectivity index (χ1) is 6.89. The molecule has 1 amide bonds. The summed E-state index contributed by atoms with van der Waals surface area (Å²) in [5.74, 6) is 3.37. The summed E-state index contributed by atoms with van der Waals surface area (Å²) < 4.78 is 42.4. The fourth-order valence-corrected chi connectivity index (χ4v) is 4.35. The summed E-state index contributed by atoms with van der Waals surface area (Å²) in [6.45, 7) is 0. The van der Waals surface area contributed by atoms with Crippen molar-refractivity contribution in [1.29, 1.82) is 0 Å². The van der Waals surface area contributed by atoms with Gasteiger partial charge in [-0.2, -0.15) is 0 Å². The van der Waals surface area contributed by atoms with Crippen LogP contribution in [0.25, 0.3) is 0 Å². The molecule has 0 aliphatic heterocycles. The van der Waals surface area contributed by atoms with E-state index in [2.05, 4.69) is 0 Å². The summed E-state index contributed by atoms with van der Waals surface area (Å²) in [6, 6.07) is 0. The van der Waals surface area contributed by atoms with E-state index in [0.29, 0.717) is 12.5 Å². The van der Waals surface area contributed by atoms with Gasteiger partial charge in [-0.15, -0.1) is 0 Å². The Balaban J connectivity index is 6.02. The third-order valence-corrected chi connectivity index (χ3v) is 6.18. The number of rotatable bonds is 5. The Bertz CT molecular complexity index is 486. The summed E-state index contributed by atoms with van der Waals surface area (Å²) in [5.41, 5.74) is 6.49. The number of alkyl halides is 1. The number of nitrogens with one attached hydrogen (secondary N) is 1. The van der Waals surface area contributed by atoms with E-state index in [9.17, 15) is 21.6 Å². The lowest BCUT2D eigenvalue weighted by Gasteiger charge is -2.28. The second-order valence-electron chi connectivity index (χ2n) is 3.16. The molecule has 8 nitrogen and oxygen atoms in total. The molecule has 0 bridgehead atoms. The van der Waals surface area contributed by atoms with Gasteiger partial charge in [-0.1, -0.05) is 11.6 Å². The maximum atomic E-state index is 11.3. The van der Waals surface area contributed by atoms with Gasteiger partial charge in [-0.05, 0) is 0 Å². The molecule has 0 rings (SSSR count). The van der Waals surface area contributed by atoms with Crippen LogP contribution in [0.3, 0.4) is 0 Å². The van der Waals surface area contributed by atoms with Crippen molar-refractivity contribution >= 4 is 37.2 Å². The molecule has 0 aliphatic rings. The summed E-state index contributed by atoms with van der Waals surface area (Å²) in [6.07, 6.45) is 1.25. The van der Waals surface area contributed by atoms with Crippen LogP contribution in [0.15, 0.2) is 0 Å². The monoisotopic (exact) mass is 293 g/mol. The molecule has 0 saturated heterocycles. The van der Waals surface area contributed by atoms with Gasteiger partial charge in [-0.3, -0.25) is 10.6 Å². The number of hydrazine groups is 1. The van der Waals surface area contributed by atoms with Gasteiger partial charge >= 0.3 is 0 Å². The Morgan fingerprint density at radius 3 is 1.75 bits per heavy atom. The molecule has 0 aliphatic carbocycles. The highest BCUT2D eigenvalue weighted by atomic mass is 35.5. The average molecular weight is 294 g/mol. The molecular weight excluding hydrogens is 282 g/mol. The van der Waals surface area contributed by atoms with Gasteiger partial charge in [0.2, 0.25) is 0 Å². The van der Waals surface area contributed by atoms with Gasteiger partial charge in [-0.25, -0.2) is 22.3 Å². The van der Waals surface area contributed by atoms with E-state index in [0.717, 1.165) is 0 Å². The smallest absolute Gasteiger partial charge is 0.257 e. The lowest BCUT2D eigenvalue weighted by molar-refractivity contribution is -0.118. The van der Waals surface area contributed by atoms with Crippen molar-refractivity contribution in [3.05, 3.63) is 0 Å². The normalized spacial score (nSPS) is 18.8. The number of hydrogen-bond acceptors (Lipinski definition) is 7. The van der Waals surface area contributed by atoms with E-state index in [4.69, 9.17) is 23.2 Å². The number of amides is 1. The Morgan fingerprint density at radius 2 is 1.69 bits per heavy atom. The highest BCUT2D eigenvalue weighted by molar-refractivity contribution is 7.97. The SMILES string of the molecule is CS(=O)(=O)C(NN)C(Cl)(C(N)=O)S(C)(=O)=O. The molecule has 0 aromatic rings. The highest BCUT2D eigenvalue weighted by Crippen LogP contribution is 2.28. The second-order valence-corrected chi connectivity index (χ2v) is 8.30. The highest BCUT2D eigenvalue weighted by Gasteiger charge is 2.56. The van der Waals surface area contributed by atoms with Gasteiger partial charge in [0.05, 0.1) is 0 Å². The maximum absolute atomic E-state index is 11.3. The van der Waals surface area contributed by atoms with Crippen LogP contribution in [0.5, 0.6) is 0 Å². The Kier molecular flexibility index (Phi) is 4.33. The molecular formula is C5H12ClN3O5S2. The Labute approximate surface area is 98.1 Å². The molecule has 96 valence electrons. The zero-order valence-corrected chi connectivity index (χ0v) is 10.9. The van der Waals surface area contributed by atoms with Crippen molar-refractivity contribution in [2.75, 3.05) is 12.5 Å². The molecule has 16 heavy (non-hydrogen) atoms. The summed E-state index contributed by atoms with van der Waals surface area (Å²) in [4.78, 5) is 11.1. The number of primary amides is 1. The molecule has 11 heteroatoms. The number of halogens is 1. The van der Waals surface area contributed by atoms with E-state index in [1.54, 1.807) is 5.43 Å². The van der Waals surface area contributed by atoms with Crippen molar-refractivity contribution in [3.63, 3.8) is 0 Å². The summed E-state index contributed by atoms with van der Waals surface area (Å²) >= 11 is 5.52. The molecule has 0 radical (unpaired) electrons. The van der Waals surface area contributed by atoms with Crippen LogP contribution >= 0.6 is 11.6 Å². The third kappa shape index (κ3) is 2.63. The van der Waals surface area contributed by atoms with Gasteiger partial charge in [0.25, 0.3) is 10.1 Å². The molecule has 0 heterocycles. The van der Waals surface area contributed by atoms with E-state index in [-0.39, 0.29) is 0 Å². The average Bonchev–Trinajstić information content (AvgIpc) is 1.99. The van der Waals surface area contributed by atoms with Gasteiger partial charge < -0.3 is 5.73 Å².